The van der Waals surface area contributed by atoms with E-state index in [-0.39, 0.29) is 107 Å². The topological polar surface area (TPSA) is 224 Å². The van der Waals surface area contributed by atoms with Gasteiger partial charge in [0.25, 0.3) is 0 Å². The van der Waals surface area contributed by atoms with Crippen LogP contribution in [0.5, 0.6) is 11.5 Å². The van der Waals surface area contributed by atoms with Crippen LogP contribution in [0.1, 0.15) is 57.1 Å². The molecule has 9 N–H and O–H groups in total. The third-order valence-corrected chi connectivity index (χ3v) is 9.48. The second-order valence-electron chi connectivity index (χ2n) is 10.9. The Labute approximate surface area is 337 Å². The van der Waals surface area contributed by atoms with E-state index in [4.69, 9.17) is 90.5 Å². The van der Waals surface area contributed by atoms with Crippen molar-refractivity contribution in [2.45, 2.75) is 13.8 Å². The fourth-order valence-electron chi connectivity index (χ4n) is 4.92. The molecule has 20 heteroatoms. The van der Waals surface area contributed by atoms with Gasteiger partial charge >= 0.3 is 11.9 Å². The van der Waals surface area contributed by atoms with E-state index >= 15 is 0 Å². The van der Waals surface area contributed by atoms with Crippen LogP contribution in [0, 0.1) is 0 Å². The molecule has 4 rings (SSSR count). The van der Waals surface area contributed by atoms with E-state index < -0.39 is 35.0 Å². The van der Waals surface area contributed by atoms with Crippen molar-refractivity contribution in [1.29, 1.82) is 0 Å². The van der Waals surface area contributed by atoms with Crippen LogP contribution in [0.2, 0.25) is 30.4 Å². The highest BCUT2D eigenvalue weighted by Crippen LogP contribution is 2.41. The van der Waals surface area contributed by atoms with Gasteiger partial charge in [-0.2, -0.15) is 0 Å². The summed E-state index contributed by atoms with van der Waals surface area (Å²) < 4.78 is 10.7. The van der Waals surface area contributed by atoms with Gasteiger partial charge in [-0.25, -0.2) is 0 Å². The van der Waals surface area contributed by atoms with Gasteiger partial charge in [-0.1, -0.05) is 69.6 Å². The van der Waals surface area contributed by atoms with Crippen LogP contribution in [0.3, 0.4) is 0 Å². The van der Waals surface area contributed by atoms with Gasteiger partial charge in [-0.15, -0.1) is 0 Å². The average Bonchev–Trinajstić information content (AvgIpc) is 3.57. The minimum Gasteiger partial charge on any atom is -0.507 e. The Morgan fingerprint density at radius 2 is 1.19 bits per heavy atom. The van der Waals surface area contributed by atoms with E-state index in [0.717, 1.165) is 28.8 Å². The number of aromatic amines is 1. The molecule has 54 heavy (non-hydrogen) atoms. The fourth-order valence-corrected chi connectivity index (χ4v) is 6.30. The van der Waals surface area contributed by atoms with E-state index in [1.54, 1.807) is 13.8 Å². The lowest BCUT2D eigenvalue weighted by molar-refractivity contribution is -0.142. The molecule has 14 nitrogen and oxygen atoms in total. The highest BCUT2D eigenvalue weighted by molar-refractivity contribution is 6.45. The van der Waals surface area contributed by atoms with Crippen molar-refractivity contribution in [3.8, 4) is 17.2 Å². The number of hydrogen-bond donors (Lipinski definition) is 7. The molecule has 286 valence electrons. The molecule has 4 aromatic rings. The zero-order valence-corrected chi connectivity index (χ0v) is 32.6. The number of benzene rings is 2. The molecule has 0 aliphatic heterocycles. The number of esters is 2. The molecule has 0 atom stereocenters. The lowest BCUT2D eigenvalue weighted by Crippen LogP contribution is -2.21. The summed E-state index contributed by atoms with van der Waals surface area (Å²) in [4.78, 5) is 53.9. The Kier molecular flexibility index (Phi) is 14.1. The number of phenols is 2. The van der Waals surface area contributed by atoms with Crippen molar-refractivity contribution in [3.63, 3.8) is 0 Å². The number of carbonyl (C=O) groups excluding carboxylic acids is 4. The number of ketones is 2. The van der Waals surface area contributed by atoms with Crippen LogP contribution in [-0.4, -0.2) is 69.6 Å². The molecule has 2 aromatic heterocycles. The maximum atomic E-state index is 14.0. The minimum atomic E-state index is -0.902. The number of nitrogens with two attached hydrogens (primary N) is 2. The number of carbonyl (C=O) groups is 4. The maximum Gasteiger partial charge on any atom is 0.325 e. The Morgan fingerprint density at radius 1 is 0.722 bits per heavy atom. The SMILES string of the molecule is CCOC(=O)CN/C=C(\N)c1cc(O)c(C(=O)c2[nH]c(Cl)c(Cl)c2-n2c(C(=O)c3cc(Cl)c(/C(N)=C/NCC(=O)OCC)cc3O)cc(Cl)c2Cl)cc1Cl. The molecule has 0 spiro atoms. The number of aromatic nitrogens is 2. The summed E-state index contributed by atoms with van der Waals surface area (Å²) >= 11 is 38.8. The highest BCUT2D eigenvalue weighted by Gasteiger charge is 2.31. The van der Waals surface area contributed by atoms with Crippen molar-refractivity contribution in [3.05, 3.63) is 107 Å². The largest absolute Gasteiger partial charge is 0.507 e. The van der Waals surface area contributed by atoms with Crippen molar-refractivity contribution in [2.75, 3.05) is 26.3 Å². The molecule has 0 bridgehead atoms. The van der Waals surface area contributed by atoms with Crippen LogP contribution < -0.4 is 22.1 Å². The van der Waals surface area contributed by atoms with Gasteiger partial charge in [0.15, 0.2) is 0 Å². The van der Waals surface area contributed by atoms with Gasteiger partial charge in [0.1, 0.15) is 45.6 Å². The lowest BCUT2D eigenvalue weighted by Gasteiger charge is -2.14. The Morgan fingerprint density at radius 3 is 1.65 bits per heavy atom. The fraction of sp³-hybridized carbons (Fsp3) is 0.176. The highest BCUT2D eigenvalue weighted by atomic mass is 35.5. The lowest BCUT2D eigenvalue weighted by atomic mass is 10.0. The zero-order valence-electron chi connectivity index (χ0n) is 28.1. The second kappa shape index (κ2) is 18.1. The number of halogens is 6. The third-order valence-electron chi connectivity index (χ3n) is 7.35. The number of hydrogen-bond acceptors (Lipinski definition) is 12. The number of phenolic OH excluding ortho intramolecular Hbond substituents is 2. The van der Waals surface area contributed by atoms with Crippen molar-refractivity contribution in [1.82, 2.24) is 20.2 Å². The van der Waals surface area contributed by atoms with Gasteiger partial charge in [-0.05, 0) is 44.2 Å². The van der Waals surface area contributed by atoms with Crippen molar-refractivity contribution >= 4 is 105 Å². The normalized spacial score (nSPS) is 11.7. The molecule has 0 radical (unpaired) electrons. The molecular formula is C34H30Cl6N6O8. The van der Waals surface area contributed by atoms with Crippen molar-refractivity contribution < 1.29 is 38.9 Å². The zero-order chi connectivity index (χ0) is 40.0. The quantitative estimate of drug-likeness (QED) is 0.0508. The Bertz CT molecular complexity index is 2060. The summed E-state index contributed by atoms with van der Waals surface area (Å²) in [5.41, 5.74) is 10.9. The predicted molar refractivity (Wildman–Crippen MR) is 207 cm³/mol. The van der Waals surface area contributed by atoms with Crippen LogP contribution in [0.25, 0.3) is 17.1 Å². The number of nitrogens with zero attached hydrogens (tertiary/aromatic N) is 1. The molecular weight excluding hydrogens is 833 g/mol. The number of H-pyrrole nitrogens is 1. The minimum absolute atomic E-state index is 0.0166. The summed E-state index contributed by atoms with van der Waals surface area (Å²) in [6.45, 7) is 3.31. The summed E-state index contributed by atoms with van der Waals surface area (Å²) in [5.74, 6) is -3.95. The summed E-state index contributed by atoms with van der Waals surface area (Å²) in [6, 6.07) is 5.71. The third kappa shape index (κ3) is 9.14. The second-order valence-corrected chi connectivity index (χ2v) is 13.2. The van der Waals surface area contributed by atoms with E-state index in [2.05, 4.69) is 15.6 Å². The van der Waals surface area contributed by atoms with Crippen LogP contribution in [0.4, 0.5) is 0 Å². The first-order valence-corrected chi connectivity index (χ1v) is 17.8. The van der Waals surface area contributed by atoms with Gasteiger partial charge in [0.05, 0.1) is 62.2 Å². The Balaban J connectivity index is 1.73. The summed E-state index contributed by atoms with van der Waals surface area (Å²) in [7, 11) is 0. The molecule has 0 aliphatic carbocycles. The first-order valence-electron chi connectivity index (χ1n) is 15.5. The molecule has 0 unspecified atom stereocenters. The summed E-state index contributed by atoms with van der Waals surface area (Å²) in [6.07, 6.45) is 2.55. The molecule has 0 saturated heterocycles. The van der Waals surface area contributed by atoms with E-state index in [1.807, 2.05) is 0 Å². The average molecular weight is 863 g/mol. The number of rotatable bonds is 15. The molecule has 0 amide bonds. The Hall–Kier alpha value is -4.70. The first-order chi connectivity index (χ1) is 25.5. The van der Waals surface area contributed by atoms with Crippen molar-refractivity contribution in [2.24, 2.45) is 11.5 Å². The monoisotopic (exact) mass is 860 g/mol. The maximum absolute atomic E-state index is 14.0. The predicted octanol–water partition coefficient (Wildman–Crippen LogP) is 6.42. The molecule has 2 heterocycles. The van der Waals surface area contributed by atoms with Gasteiger partial charge < -0.3 is 46.8 Å². The van der Waals surface area contributed by atoms with E-state index in [9.17, 15) is 29.4 Å². The van der Waals surface area contributed by atoms with Gasteiger partial charge in [0.2, 0.25) is 11.6 Å². The molecule has 0 aliphatic rings. The van der Waals surface area contributed by atoms with E-state index in [0.29, 0.717) is 0 Å². The molecule has 2 aromatic carbocycles. The smallest absolute Gasteiger partial charge is 0.325 e. The first kappa shape index (κ1) is 42.0. The van der Waals surface area contributed by atoms with Gasteiger partial charge in [-0.3, -0.25) is 23.7 Å². The standard InChI is InChI=1S/C34H30Cl6N6O8/c1-3-53-26(49)12-43-10-21(41)14-7-24(47)16(5-18(14)35)31(51)23-9-20(37)34(40)46(23)30-28(38)33(39)45-29(30)32(52)17-6-19(36)15(8-25(17)48)22(42)11-44-13-27(50)54-4-2/h5-11,43-45,47-48H,3-4,12-13,41-42H2,1-2H3/b21-10-,22-11-. The molecule has 0 saturated carbocycles. The van der Waals surface area contributed by atoms with Gasteiger partial charge in [0, 0.05) is 23.5 Å². The molecule has 0 fully saturated rings. The number of ether oxygens (including phenoxy) is 2. The number of nitrogens with one attached hydrogen (secondary N) is 3. The summed E-state index contributed by atoms with van der Waals surface area (Å²) in [5, 5.41) is 26.2. The van der Waals surface area contributed by atoms with E-state index in [1.165, 1.54) is 18.5 Å². The van der Waals surface area contributed by atoms with Crippen LogP contribution >= 0.6 is 69.6 Å². The van der Waals surface area contributed by atoms with Crippen LogP contribution in [-0.2, 0) is 19.1 Å². The van der Waals surface area contributed by atoms with Crippen LogP contribution in [0.15, 0.2) is 42.7 Å². The number of aromatic hydroxyl groups is 2.